The summed E-state index contributed by atoms with van der Waals surface area (Å²) in [6.45, 7) is 9.70. The van der Waals surface area contributed by atoms with Crippen LogP contribution in [0.25, 0.3) is 0 Å². The van der Waals surface area contributed by atoms with E-state index in [0.29, 0.717) is 24.0 Å². The van der Waals surface area contributed by atoms with Gasteiger partial charge in [-0.15, -0.1) is 0 Å². The number of aromatic nitrogens is 1. The Balaban J connectivity index is 2.15. The maximum absolute atomic E-state index is 5.63. The molecule has 0 amide bonds. The highest BCUT2D eigenvalue weighted by Crippen LogP contribution is 2.40. The van der Waals surface area contributed by atoms with E-state index in [1.807, 2.05) is 13.0 Å². The number of rotatable bonds is 4. The number of pyridine rings is 1. The summed E-state index contributed by atoms with van der Waals surface area (Å²) in [5.41, 5.74) is 1.38. The van der Waals surface area contributed by atoms with Crippen LogP contribution in [0.5, 0.6) is 5.88 Å². The molecule has 1 N–H and O–H groups in total. The van der Waals surface area contributed by atoms with Crippen LogP contribution in [0.3, 0.4) is 0 Å². The van der Waals surface area contributed by atoms with Gasteiger partial charge >= 0.3 is 0 Å². The van der Waals surface area contributed by atoms with Crippen molar-refractivity contribution in [3.63, 3.8) is 0 Å². The van der Waals surface area contributed by atoms with Crippen LogP contribution >= 0.6 is 0 Å². The molecule has 20 heavy (non-hydrogen) atoms. The lowest BCUT2D eigenvalue weighted by atomic mass is 9.69. The minimum absolute atomic E-state index is 0.339. The van der Waals surface area contributed by atoms with E-state index in [1.54, 1.807) is 6.20 Å². The largest absolute Gasteiger partial charge is 0.476 e. The van der Waals surface area contributed by atoms with E-state index in [4.69, 9.17) is 4.74 Å². The highest BCUT2D eigenvalue weighted by atomic mass is 16.5. The fraction of sp³-hybridized carbons (Fsp3) is 0.706. The third kappa shape index (κ3) is 3.65. The Hall–Kier alpha value is -1.25. The molecule has 112 valence electrons. The van der Waals surface area contributed by atoms with Crippen molar-refractivity contribution < 1.29 is 4.74 Å². The molecule has 2 unspecified atom stereocenters. The van der Waals surface area contributed by atoms with Crippen molar-refractivity contribution in [2.24, 2.45) is 11.3 Å². The highest BCUT2D eigenvalue weighted by molar-refractivity contribution is 5.53. The molecule has 1 aromatic rings. The molecule has 1 saturated carbocycles. The summed E-state index contributed by atoms with van der Waals surface area (Å²) in [6, 6.07) is 4.57. The summed E-state index contributed by atoms with van der Waals surface area (Å²) in [5.74, 6) is 1.43. The van der Waals surface area contributed by atoms with Crippen LogP contribution in [-0.4, -0.2) is 17.6 Å². The van der Waals surface area contributed by atoms with Gasteiger partial charge in [-0.25, -0.2) is 4.98 Å². The van der Waals surface area contributed by atoms with Gasteiger partial charge in [0.1, 0.15) is 0 Å². The predicted octanol–water partition coefficient (Wildman–Crippen LogP) is 4.50. The van der Waals surface area contributed by atoms with Crippen LogP contribution in [0.1, 0.15) is 53.4 Å². The number of nitrogens with one attached hydrogen (secondary N) is 1. The Labute approximate surface area is 123 Å². The SMILES string of the molecule is CCOc1ncccc1NC1CCCCC1C(C)(C)C. The number of anilines is 1. The molecule has 2 atom stereocenters. The number of nitrogens with zero attached hydrogens (tertiary/aromatic N) is 1. The van der Waals surface area contributed by atoms with Crippen LogP contribution in [0, 0.1) is 11.3 Å². The number of ether oxygens (including phenoxy) is 1. The minimum Gasteiger partial charge on any atom is -0.476 e. The Morgan fingerprint density at radius 2 is 2.05 bits per heavy atom. The fourth-order valence-corrected chi connectivity index (χ4v) is 3.29. The summed E-state index contributed by atoms with van der Waals surface area (Å²) in [7, 11) is 0. The molecular weight excluding hydrogens is 248 g/mol. The maximum atomic E-state index is 5.63. The molecule has 1 aliphatic carbocycles. The molecule has 0 spiro atoms. The summed E-state index contributed by atoms with van der Waals surface area (Å²) < 4.78 is 5.63. The molecule has 0 saturated heterocycles. The lowest BCUT2D eigenvalue weighted by molar-refractivity contribution is 0.162. The van der Waals surface area contributed by atoms with Gasteiger partial charge in [-0.1, -0.05) is 33.6 Å². The number of hydrogen-bond donors (Lipinski definition) is 1. The van der Waals surface area contributed by atoms with Crippen LogP contribution in [-0.2, 0) is 0 Å². The van der Waals surface area contributed by atoms with Gasteiger partial charge in [-0.3, -0.25) is 0 Å². The summed E-state index contributed by atoms with van der Waals surface area (Å²) in [5, 5.41) is 3.70. The summed E-state index contributed by atoms with van der Waals surface area (Å²) in [4.78, 5) is 4.34. The predicted molar refractivity (Wildman–Crippen MR) is 84.2 cm³/mol. The molecule has 0 radical (unpaired) electrons. The first-order valence-electron chi connectivity index (χ1n) is 7.86. The van der Waals surface area contributed by atoms with E-state index in [-0.39, 0.29) is 0 Å². The maximum Gasteiger partial charge on any atom is 0.237 e. The van der Waals surface area contributed by atoms with Gasteiger partial charge in [0.25, 0.3) is 0 Å². The average Bonchev–Trinajstić information content (AvgIpc) is 2.41. The monoisotopic (exact) mass is 276 g/mol. The quantitative estimate of drug-likeness (QED) is 0.879. The average molecular weight is 276 g/mol. The highest BCUT2D eigenvalue weighted by Gasteiger charge is 2.34. The van der Waals surface area contributed by atoms with Gasteiger partial charge in [0.2, 0.25) is 5.88 Å². The standard InChI is InChI=1S/C17H28N2O/c1-5-20-16-15(11-8-12-18-16)19-14-10-7-6-9-13(14)17(2,3)4/h8,11-14,19H,5-7,9-10H2,1-4H3. The lowest BCUT2D eigenvalue weighted by Gasteiger charge is -2.41. The summed E-state index contributed by atoms with van der Waals surface area (Å²) >= 11 is 0. The van der Waals surface area contributed by atoms with Gasteiger partial charge in [-0.2, -0.15) is 0 Å². The first-order chi connectivity index (χ1) is 9.52. The minimum atomic E-state index is 0.339. The number of hydrogen-bond acceptors (Lipinski definition) is 3. The van der Waals surface area contributed by atoms with E-state index in [0.717, 1.165) is 11.6 Å². The zero-order valence-corrected chi connectivity index (χ0v) is 13.3. The van der Waals surface area contributed by atoms with Crippen LogP contribution < -0.4 is 10.1 Å². The van der Waals surface area contributed by atoms with Gasteiger partial charge in [-0.05, 0) is 43.2 Å². The molecule has 1 fully saturated rings. The zero-order chi connectivity index (χ0) is 14.6. The molecular formula is C17H28N2O. The second-order valence-corrected chi connectivity index (χ2v) is 6.80. The molecule has 3 nitrogen and oxygen atoms in total. The first kappa shape index (κ1) is 15.1. The van der Waals surface area contributed by atoms with E-state index >= 15 is 0 Å². The van der Waals surface area contributed by atoms with E-state index < -0.39 is 0 Å². The second-order valence-electron chi connectivity index (χ2n) is 6.80. The molecule has 1 aromatic heterocycles. The molecule has 1 heterocycles. The van der Waals surface area contributed by atoms with Crippen molar-refractivity contribution in [1.29, 1.82) is 0 Å². The molecule has 3 heteroatoms. The second kappa shape index (κ2) is 6.47. The van der Waals surface area contributed by atoms with Crippen LogP contribution in [0.15, 0.2) is 18.3 Å². The third-order valence-corrected chi connectivity index (χ3v) is 4.27. The normalized spacial score (nSPS) is 23.4. The van der Waals surface area contributed by atoms with E-state index in [2.05, 4.69) is 37.1 Å². The van der Waals surface area contributed by atoms with E-state index in [9.17, 15) is 0 Å². The molecule has 0 bridgehead atoms. The van der Waals surface area contributed by atoms with Crippen molar-refractivity contribution in [2.75, 3.05) is 11.9 Å². The molecule has 0 aliphatic heterocycles. The van der Waals surface area contributed by atoms with Crippen molar-refractivity contribution >= 4 is 5.69 Å². The summed E-state index contributed by atoms with van der Waals surface area (Å²) in [6.07, 6.45) is 7.01. The van der Waals surface area contributed by atoms with Gasteiger partial charge in [0.15, 0.2) is 0 Å². The van der Waals surface area contributed by atoms with E-state index in [1.165, 1.54) is 25.7 Å². The molecule has 2 rings (SSSR count). The Morgan fingerprint density at radius 3 is 2.75 bits per heavy atom. The lowest BCUT2D eigenvalue weighted by Crippen LogP contribution is -2.39. The van der Waals surface area contributed by atoms with Crippen molar-refractivity contribution in [3.8, 4) is 5.88 Å². The van der Waals surface area contributed by atoms with Crippen molar-refractivity contribution in [3.05, 3.63) is 18.3 Å². The Bertz CT molecular complexity index is 425. The molecule has 1 aliphatic rings. The Kier molecular flexibility index (Phi) is 4.90. The van der Waals surface area contributed by atoms with Gasteiger partial charge < -0.3 is 10.1 Å². The topological polar surface area (TPSA) is 34.1 Å². The zero-order valence-electron chi connectivity index (χ0n) is 13.3. The fourth-order valence-electron chi connectivity index (χ4n) is 3.29. The van der Waals surface area contributed by atoms with Gasteiger partial charge in [0, 0.05) is 12.2 Å². The van der Waals surface area contributed by atoms with Crippen LogP contribution in [0.4, 0.5) is 5.69 Å². The van der Waals surface area contributed by atoms with Gasteiger partial charge in [0.05, 0.1) is 12.3 Å². The van der Waals surface area contributed by atoms with Crippen LogP contribution in [0.2, 0.25) is 0 Å². The third-order valence-electron chi connectivity index (χ3n) is 4.27. The van der Waals surface area contributed by atoms with Crippen molar-refractivity contribution in [2.45, 2.75) is 59.4 Å². The van der Waals surface area contributed by atoms with Crippen molar-refractivity contribution in [1.82, 2.24) is 4.98 Å². The molecule has 0 aromatic carbocycles. The smallest absolute Gasteiger partial charge is 0.237 e. The first-order valence-corrected chi connectivity index (χ1v) is 7.86. The Morgan fingerprint density at radius 1 is 1.30 bits per heavy atom.